The molecule has 10 heteroatoms. The zero-order valence-corrected chi connectivity index (χ0v) is 19.4. The number of H-pyrrole nitrogens is 2. The van der Waals surface area contributed by atoms with E-state index in [1.54, 1.807) is 18.3 Å². The first kappa shape index (κ1) is 21.8. The fraction of sp³-hybridized carbons (Fsp3) is 0.476. The number of carbonyl (C=O) groups excluding carboxylic acids is 1. The Kier molecular flexibility index (Phi) is 6.29. The highest BCUT2D eigenvalue weighted by molar-refractivity contribution is 8.00. The summed E-state index contributed by atoms with van der Waals surface area (Å²) >= 11 is 3.13. The van der Waals surface area contributed by atoms with Crippen LogP contribution in [-0.4, -0.2) is 31.6 Å². The van der Waals surface area contributed by atoms with Crippen molar-refractivity contribution in [2.45, 2.75) is 57.9 Å². The first-order valence-electron chi connectivity index (χ1n) is 10.4. The highest BCUT2D eigenvalue weighted by Gasteiger charge is 2.24. The number of nitrogens with zero attached hydrogens (tertiary/aromatic N) is 2. The second-order valence-corrected chi connectivity index (χ2v) is 10.0. The van der Waals surface area contributed by atoms with Crippen molar-refractivity contribution in [2.24, 2.45) is 5.92 Å². The van der Waals surface area contributed by atoms with Gasteiger partial charge in [0.2, 0.25) is 5.91 Å². The molecule has 8 nitrogen and oxygen atoms in total. The molecular formula is C21H25N5O3S2. The van der Waals surface area contributed by atoms with Gasteiger partial charge in [-0.2, -0.15) is 0 Å². The molecule has 1 aliphatic carbocycles. The molecule has 0 aliphatic heterocycles. The number of amides is 1. The maximum atomic E-state index is 12.6. The first-order chi connectivity index (χ1) is 14.9. The van der Waals surface area contributed by atoms with E-state index < -0.39 is 11.2 Å². The molecule has 0 unspecified atom stereocenters. The number of carbonyl (C=O) groups is 1. The maximum Gasteiger partial charge on any atom is 0.326 e. The molecule has 0 fully saturated rings. The Morgan fingerprint density at radius 3 is 2.84 bits per heavy atom. The van der Waals surface area contributed by atoms with Crippen LogP contribution in [-0.2, 0) is 24.1 Å². The number of aryl methyl sites for hydroxylation is 3. The van der Waals surface area contributed by atoms with Gasteiger partial charge in [0, 0.05) is 22.4 Å². The number of anilines is 1. The van der Waals surface area contributed by atoms with Crippen molar-refractivity contribution in [1.29, 1.82) is 0 Å². The predicted molar refractivity (Wildman–Crippen MR) is 124 cm³/mol. The largest absolute Gasteiger partial charge is 0.326 e. The topological polar surface area (TPSA) is 121 Å². The molecule has 1 aliphatic rings. The monoisotopic (exact) mass is 459 g/mol. The molecule has 1 amide bonds. The van der Waals surface area contributed by atoms with E-state index in [9.17, 15) is 14.4 Å². The molecule has 3 N–H and O–H groups in total. The average molecular weight is 460 g/mol. The van der Waals surface area contributed by atoms with Gasteiger partial charge < -0.3 is 10.3 Å². The van der Waals surface area contributed by atoms with Crippen molar-refractivity contribution in [1.82, 2.24) is 19.9 Å². The molecule has 164 valence electrons. The third-order valence-corrected chi connectivity index (χ3v) is 7.50. The van der Waals surface area contributed by atoms with Crippen LogP contribution in [0.25, 0.3) is 10.2 Å². The van der Waals surface area contributed by atoms with Crippen LogP contribution in [0.15, 0.2) is 14.6 Å². The minimum absolute atomic E-state index is 0.0617. The van der Waals surface area contributed by atoms with E-state index in [0.29, 0.717) is 11.6 Å². The van der Waals surface area contributed by atoms with E-state index in [0.717, 1.165) is 53.2 Å². The first-order valence-corrected chi connectivity index (χ1v) is 12.2. The molecule has 0 aromatic carbocycles. The van der Waals surface area contributed by atoms with Gasteiger partial charge >= 0.3 is 5.69 Å². The molecule has 3 heterocycles. The number of fused-ring (bicyclic) bond motifs is 3. The van der Waals surface area contributed by atoms with E-state index in [4.69, 9.17) is 9.97 Å². The fourth-order valence-corrected chi connectivity index (χ4v) is 6.19. The lowest BCUT2D eigenvalue weighted by molar-refractivity contribution is -0.113. The van der Waals surface area contributed by atoms with Crippen molar-refractivity contribution in [3.8, 4) is 0 Å². The summed E-state index contributed by atoms with van der Waals surface area (Å²) in [5.41, 5.74) is 0.500. The molecule has 3 aromatic rings. The quantitative estimate of drug-likeness (QED) is 0.385. The van der Waals surface area contributed by atoms with Gasteiger partial charge in [0.25, 0.3) is 5.56 Å². The molecule has 0 radical (unpaired) electrons. The van der Waals surface area contributed by atoms with Crippen LogP contribution in [0.3, 0.4) is 0 Å². The minimum Gasteiger partial charge on any atom is -0.319 e. The predicted octanol–water partition coefficient (Wildman–Crippen LogP) is 3.18. The number of thioether (sulfide) groups is 1. The van der Waals surface area contributed by atoms with E-state index in [1.807, 2.05) is 0 Å². The van der Waals surface area contributed by atoms with Gasteiger partial charge in [-0.3, -0.25) is 14.6 Å². The average Bonchev–Trinajstić information content (AvgIpc) is 3.06. The number of aromatic amines is 2. The summed E-state index contributed by atoms with van der Waals surface area (Å²) in [6.07, 6.45) is 4.97. The fourth-order valence-electron chi connectivity index (χ4n) is 3.85. The Hall–Kier alpha value is -2.46. The summed E-state index contributed by atoms with van der Waals surface area (Å²) in [6, 6.07) is 0. The maximum absolute atomic E-state index is 12.6. The number of thiophene rings is 1. The van der Waals surface area contributed by atoms with Gasteiger partial charge in [0.1, 0.15) is 21.4 Å². The van der Waals surface area contributed by atoms with Crippen LogP contribution in [0.5, 0.6) is 0 Å². The minimum atomic E-state index is -0.615. The van der Waals surface area contributed by atoms with Crippen molar-refractivity contribution >= 4 is 44.9 Å². The Bertz CT molecular complexity index is 1260. The van der Waals surface area contributed by atoms with Gasteiger partial charge in [0.05, 0.1) is 5.75 Å². The summed E-state index contributed by atoms with van der Waals surface area (Å²) < 4.78 is 0. The van der Waals surface area contributed by atoms with Crippen LogP contribution in [0, 0.1) is 12.8 Å². The van der Waals surface area contributed by atoms with Crippen molar-refractivity contribution in [3.63, 3.8) is 0 Å². The molecule has 0 spiro atoms. The van der Waals surface area contributed by atoms with Gasteiger partial charge in [-0.1, -0.05) is 25.6 Å². The molecular weight excluding hydrogens is 434 g/mol. The van der Waals surface area contributed by atoms with Crippen LogP contribution in [0.2, 0.25) is 0 Å². The Morgan fingerprint density at radius 1 is 1.29 bits per heavy atom. The molecule has 0 bridgehead atoms. The Balaban J connectivity index is 1.61. The summed E-state index contributed by atoms with van der Waals surface area (Å²) in [5.74, 6) is 1.25. The molecule has 1 atom stereocenters. The standard InChI is InChI=1S/C21H25N5O3S2/c1-4-5-14-23-19(16-12-7-6-10(2)8-13(12)31-20(16)24-14)30-9-15(27)25-17-11(3)22-21(29)26-18(17)28/h10H,4-9H2,1-3H3,(H,25,27)(H2,22,26,28,29)/t10-/m1/s1. The highest BCUT2D eigenvalue weighted by Crippen LogP contribution is 2.41. The molecule has 31 heavy (non-hydrogen) atoms. The summed E-state index contributed by atoms with van der Waals surface area (Å²) in [4.78, 5) is 52.5. The zero-order valence-electron chi connectivity index (χ0n) is 17.8. The molecule has 0 saturated heterocycles. The molecule has 3 aromatic heterocycles. The number of aromatic nitrogens is 4. The highest BCUT2D eigenvalue weighted by atomic mass is 32.2. The Morgan fingerprint density at radius 2 is 2.10 bits per heavy atom. The van der Waals surface area contributed by atoms with E-state index in [1.165, 1.54) is 22.2 Å². The van der Waals surface area contributed by atoms with Gasteiger partial charge in [-0.05, 0) is 44.1 Å². The van der Waals surface area contributed by atoms with E-state index >= 15 is 0 Å². The van der Waals surface area contributed by atoms with Crippen molar-refractivity contribution in [2.75, 3.05) is 11.1 Å². The van der Waals surface area contributed by atoms with Crippen LogP contribution in [0.1, 0.15) is 48.6 Å². The third kappa shape index (κ3) is 4.59. The van der Waals surface area contributed by atoms with Gasteiger partial charge in [-0.25, -0.2) is 14.8 Å². The zero-order chi connectivity index (χ0) is 22.1. The van der Waals surface area contributed by atoms with E-state index in [2.05, 4.69) is 29.1 Å². The van der Waals surface area contributed by atoms with Crippen LogP contribution in [0.4, 0.5) is 5.69 Å². The van der Waals surface area contributed by atoms with E-state index in [-0.39, 0.29) is 17.3 Å². The Labute approximate surface area is 187 Å². The number of hydrogen-bond donors (Lipinski definition) is 3. The summed E-state index contributed by atoms with van der Waals surface area (Å²) in [7, 11) is 0. The van der Waals surface area contributed by atoms with Crippen LogP contribution < -0.4 is 16.6 Å². The summed E-state index contributed by atoms with van der Waals surface area (Å²) in [6.45, 7) is 5.95. The van der Waals surface area contributed by atoms with Crippen molar-refractivity contribution in [3.05, 3.63) is 42.8 Å². The number of hydrogen-bond acceptors (Lipinski definition) is 7. The smallest absolute Gasteiger partial charge is 0.319 e. The summed E-state index contributed by atoms with van der Waals surface area (Å²) in [5, 5.41) is 4.53. The van der Waals surface area contributed by atoms with Crippen molar-refractivity contribution < 1.29 is 4.79 Å². The van der Waals surface area contributed by atoms with Gasteiger partial charge in [-0.15, -0.1) is 11.3 Å². The second kappa shape index (κ2) is 8.96. The third-order valence-electron chi connectivity index (χ3n) is 5.38. The normalized spacial score (nSPS) is 15.8. The number of rotatable bonds is 6. The number of nitrogens with one attached hydrogen (secondary N) is 3. The lowest BCUT2D eigenvalue weighted by Crippen LogP contribution is -2.29. The molecule has 4 rings (SSSR count). The lowest BCUT2D eigenvalue weighted by atomic mass is 9.89. The lowest BCUT2D eigenvalue weighted by Gasteiger charge is -2.18. The molecule has 0 saturated carbocycles. The van der Waals surface area contributed by atoms with Gasteiger partial charge in [0.15, 0.2) is 0 Å². The van der Waals surface area contributed by atoms with Crippen LogP contribution >= 0.6 is 23.1 Å². The second-order valence-electron chi connectivity index (χ2n) is 7.97. The SMILES string of the molecule is CCCc1nc(SCC(=O)Nc2c(C)[nH]c(=O)[nH]c2=O)c2c3c(sc2n1)C[C@H](C)CC3.